The van der Waals surface area contributed by atoms with Gasteiger partial charge >= 0.3 is 5.97 Å². The second-order valence-electron chi connectivity index (χ2n) is 3.33. The summed E-state index contributed by atoms with van der Waals surface area (Å²) in [5.74, 6) is -0.263. The van der Waals surface area contributed by atoms with Crippen molar-refractivity contribution < 1.29 is 14.6 Å². The molecule has 1 atom stereocenters. The number of alkyl halides is 1. The average molecular weight is 288 g/mol. The summed E-state index contributed by atoms with van der Waals surface area (Å²) in [5, 5.41) is 9.45. The minimum Gasteiger partial charge on any atom is -0.493 e. The molecule has 0 aliphatic heterocycles. The first-order valence-electron chi connectivity index (χ1n) is 4.89. The Bertz CT molecular complexity index is 357. The summed E-state index contributed by atoms with van der Waals surface area (Å²) in [4.78, 5) is 10.6. The Hall–Kier alpha value is -1.07. The van der Waals surface area contributed by atoms with Crippen molar-refractivity contribution in [3.05, 3.63) is 29.8 Å². The molecule has 0 aliphatic rings. The Kier molecular flexibility index (Phi) is 5.28. The fraction of sp³-hybridized carbons (Fsp3) is 0.364. The smallest absolute Gasteiger partial charge is 0.320 e. The van der Waals surface area contributed by atoms with Gasteiger partial charge in [-0.25, -0.2) is 0 Å². The van der Waals surface area contributed by atoms with Gasteiger partial charge in [-0.1, -0.05) is 28.1 Å². The van der Waals surface area contributed by atoms with E-state index in [0.717, 1.165) is 16.6 Å². The molecule has 0 aromatic heterocycles. The van der Waals surface area contributed by atoms with Gasteiger partial charge in [0.25, 0.3) is 0 Å². The van der Waals surface area contributed by atoms with Crippen molar-refractivity contribution in [1.29, 1.82) is 0 Å². The highest BCUT2D eigenvalue weighted by molar-refractivity contribution is 9.09. The van der Waals surface area contributed by atoms with Crippen molar-refractivity contribution in [3.63, 3.8) is 0 Å². The number of hydrogen-bond acceptors (Lipinski definition) is 3. The fourth-order valence-corrected chi connectivity index (χ4v) is 1.42. The van der Waals surface area contributed by atoms with Crippen LogP contribution in [0.2, 0.25) is 0 Å². The number of hydrogen-bond donors (Lipinski definition) is 2. The van der Waals surface area contributed by atoms with Gasteiger partial charge in [-0.2, -0.15) is 0 Å². The summed E-state index contributed by atoms with van der Waals surface area (Å²) in [7, 11) is 0. The zero-order valence-electron chi connectivity index (χ0n) is 8.73. The summed E-state index contributed by atoms with van der Waals surface area (Å²) < 4.78 is 5.40. The van der Waals surface area contributed by atoms with E-state index in [9.17, 15) is 4.79 Å². The molecule has 16 heavy (non-hydrogen) atoms. The molecule has 4 nitrogen and oxygen atoms in total. The van der Waals surface area contributed by atoms with Crippen LogP contribution in [0.1, 0.15) is 5.56 Å². The van der Waals surface area contributed by atoms with Gasteiger partial charge in [-0.3, -0.25) is 4.79 Å². The molecule has 3 N–H and O–H groups in total. The predicted molar refractivity (Wildman–Crippen MR) is 65.0 cm³/mol. The van der Waals surface area contributed by atoms with Crippen molar-refractivity contribution in [3.8, 4) is 5.75 Å². The third-order valence-corrected chi connectivity index (χ3v) is 2.34. The van der Waals surface area contributed by atoms with Crippen molar-refractivity contribution in [1.82, 2.24) is 0 Å². The van der Waals surface area contributed by atoms with Crippen LogP contribution < -0.4 is 10.5 Å². The monoisotopic (exact) mass is 287 g/mol. The first-order valence-corrected chi connectivity index (χ1v) is 6.01. The van der Waals surface area contributed by atoms with Crippen LogP contribution in [0, 0.1) is 0 Å². The van der Waals surface area contributed by atoms with Gasteiger partial charge in [0.15, 0.2) is 0 Å². The summed E-state index contributed by atoms with van der Waals surface area (Å²) >= 11 is 3.26. The highest BCUT2D eigenvalue weighted by atomic mass is 79.9. The van der Waals surface area contributed by atoms with E-state index in [-0.39, 0.29) is 0 Å². The molecule has 0 saturated carbocycles. The number of halogens is 1. The number of carbonyl (C=O) groups is 1. The van der Waals surface area contributed by atoms with Gasteiger partial charge in [0.05, 0.1) is 6.61 Å². The lowest BCUT2D eigenvalue weighted by atomic mass is 10.1. The minimum absolute atomic E-state index is 0.306. The number of aliphatic carboxylic acids is 1. The highest BCUT2D eigenvalue weighted by Gasteiger charge is 2.12. The maximum absolute atomic E-state index is 10.6. The number of carboxylic acid groups (broad SMARTS) is 1. The Labute approximate surface area is 103 Å². The third-order valence-electron chi connectivity index (χ3n) is 2.02. The van der Waals surface area contributed by atoms with Gasteiger partial charge in [0, 0.05) is 5.33 Å². The van der Waals surface area contributed by atoms with Gasteiger partial charge in [-0.05, 0) is 24.1 Å². The predicted octanol–water partition coefficient (Wildman–Crippen LogP) is 1.41. The topological polar surface area (TPSA) is 72.5 Å². The summed E-state index contributed by atoms with van der Waals surface area (Å²) in [6.45, 7) is 0.578. The van der Waals surface area contributed by atoms with Crippen molar-refractivity contribution in [2.45, 2.75) is 12.5 Å². The average Bonchev–Trinajstić information content (AvgIpc) is 2.26. The van der Waals surface area contributed by atoms with E-state index in [1.54, 1.807) is 0 Å². The SMILES string of the molecule is NC(Cc1cccc(OCCBr)c1)C(=O)O. The van der Waals surface area contributed by atoms with E-state index >= 15 is 0 Å². The summed E-state index contributed by atoms with van der Waals surface area (Å²) in [6.07, 6.45) is 0.306. The standard InChI is InChI=1S/C11H14BrNO3/c12-4-5-16-9-3-1-2-8(6-9)7-10(13)11(14)15/h1-3,6,10H,4-5,7,13H2,(H,14,15). The Balaban J connectivity index is 2.63. The molecule has 0 radical (unpaired) electrons. The molecule has 0 heterocycles. The Morgan fingerprint density at radius 2 is 2.31 bits per heavy atom. The number of ether oxygens (including phenoxy) is 1. The molecular formula is C11H14BrNO3. The van der Waals surface area contributed by atoms with Crippen molar-refractivity contribution >= 4 is 21.9 Å². The van der Waals surface area contributed by atoms with Crippen LogP contribution in [-0.4, -0.2) is 29.1 Å². The second kappa shape index (κ2) is 6.50. The van der Waals surface area contributed by atoms with Crippen molar-refractivity contribution in [2.75, 3.05) is 11.9 Å². The van der Waals surface area contributed by atoms with Gasteiger partial charge in [-0.15, -0.1) is 0 Å². The van der Waals surface area contributed by atoms with E-state index < -0.39 is 12.0 Å². The first-order chi connectivity index (χ1) is 7.63. The lowest BCUT2D eigenvalue weighted by Crippen LogP contribution is -2.32. The van der Waals surface area contributed by atoms with E-state index in [2.05, 4.69) is 15.9 Å². The first kappa shape index (κ1) is 13.0. The van der Waals surface area contributed by atoms with Crippen LogP contribution in [-0.2, 0) is 11.2 Å². The molecular weight excluding hydrogens is 274 g/mol. The molecule has 0 aliphatic carbocycles. The largest absolute Gasteiger partial charge is 0.493 e. The zero-order chi connectivity index (χ0) is 12.0. The lowest BCUT2D eigenvalue weighted by Gasteiger charge is -2.09. The zero-order valence-corrected chi connectivity index (χ0v) is 10.3. The van der Waals surface area contributed by atoms with E-state index in [4.69, 9.17) is 15.6 Å². The van der Waals surface area contributed by atoms with Crippen LogP contribution in [0.4, 0.5) is 0 Å². The molecule has 0 bridgehead atoms. The summed E-state index contributed by atoms with van der Waals surface area (Å²) in [5.41, 5.74) is 6.31. The number of rotatable bonds is 6. The van der Waals surface area contributed by atoms with Crippen molar-refractivity contribution in [2.24, 2.45) is 5.73 Å². The molecule has 0 saturated heterocycles. The van der Waals surface area contributed by atoms with Crippen LogP contribution >= 0.6 is 15.9 Å². The Morgan fingerprint density at radius 3 is 2.94 bits per heavy atom. The molecule has 5 heteroatoms. The molecule has 0 spiro atoms. The van der Waals surface area contributed by atoms with E-state index in [0.29, 0.717) is 13.0 Å². The number of carboxylic acids is 1. The molecule has 88 valence electrons. The molecule has 0 amide bonds. The third kappa shape index (κ3) is 4.20. The molecule has 1 aromatic rings. The van der Waals surface area contributed by atoms with Crippen LogP contribution in [0.3, 0.4) is 0 Å². The number of benzene rings is 1. The van der Waals surface area contributed by atoms with E-state index in [1.165, 1.54) is 0 Å². The van der Waals surface area contributed by atoms with Gasteiger partial charge < -0.3 is 15.6 Å². The molecule has 1 aromatic carbocycles. The maximum atomic E-state index is 10.6. The quantitative estimate of drug-likeness (QED) is 0.776. The van der Waals surface area contributed by atoms with Crippen LogP contribution in [0.15, 0.2) is 24.3 Å². The second-order valence-corrected chi connectivity index (χ2v) is 4.13. The van der Waals surface area contributed by atoms with Crippen LogP contribution in [0.5, 0.6) is 5.75 Å². The lowest BCUT2D eigenvalue weighted by molar-refractivity contribution is -0.138. The highest BCUT2D eigenvalue weighted by Crippen LogP contribution is 2.14. The van der Waals surface area contributed by atoms with Crippen LogP contribution in [0.25, 0.3) is 0 Å². The normalized spacial score (nSPS) is 12.1. The molecule has 0 fully saturated rings. The summed E-state index contributed by atoms with van der Waals surface area (Å²) in [6, 6.07) is 6.44. The minimum atomic E-state index is -0.994. The number of nitrogens with two attached hydrogens (primary N) is 1. The van der Waals surface area contributed by atoms with Gasteiger partial charge in [0.2, 0.25) is 0 Å². The maximum Gasteiger partial charge on any atom is 0.320 e. The van der Waals surface area contributed by atoms with Gasteiger partial charge in [0.1, 0.15) is 11.8 Å². The molecule has 1 rings (SSSR count). The Morgan fingerprint density at radius 1 is 1.56 bits per heavy atom. The molecule has 1 unspecified atom stereocenters. The fourth-order valence-electron chi connectivity index (χ4n) is 1.26. The van der Waals surface area contributed by atoms with E-state index in [1.807, 2.05) is 24.3 Å².